The van der Waals surface area contributed by atoms with Gasteiger partial charge in [0.1, 0.15) is 11.4 Å². The molecule has 0 saturated heterocycles. The third kappa shape index (κ3) is 8.87. The number of hydrogen-bond donors (Lipinski definition) is 0. The first-order valence-electron chi connectivity index (χ1n) is 6.54. The molecule has 1 aromatic rings. The van der Waals surface area contributed by atoms with E-state index < -0.39 is 0 Å². The zero-order valence-electron chi connectivity index (χ0n) is 12.4. The summed E-state index contributed by atoms with van der Waals surface area (Å²) in [6, 6.07) is 3.42. The van der Waals surface area contributed by atoms with Crippen molar-refractivity contribution >= 4 is 11.6 Å². The number of rotatable bonds is 9. The van der Waals surface area contributed by atoms with Gasteiger partial charge in [0.05, 0.1) is 12.8 Å². The number of hydrogen-bond acceptors (Lipinski definition) is 4. The van der Waals surface area contributed by atoms with Crippen LogP contribution in [0.15, 0.2) is 18.3 Å². The smallest absolute Gasteiger partial charge is 0.492 e. The molecule has 0 aliphatic rings. The molecule has 1 aromatic heterocycles. The van der Waals surface area contributed by atoms with Crippen molar-refractivity contribution in [3.05, 3.63) is 30.9 Å². The zero-order chi connectivity index (χ0) is 14.1. The molecule has 0 bridgehead atoms. The van der Waals surface area contributed by atoms with Crippen LogP contribution in [0.25, 0.3) is 0 Å². The Morgan fingerprint density at radius 3 is 2.45 bits per heavy atom. The van der Waals surface area contributed by atoms with Crippen molar-refractivity contribution in [3.63, 3.8) is 0 Å². The predicted octanol–water partition coefficient (Wildman–Crippen LogP) is 0.0207. The molecule has 0 atom stereocenters. The molecular formula is C15H20KNO3. The quantitative estimate of drug-likeness (QED) is 0.279. The summed E-state index contributed by atoms with van der Waals surface area (Å²) < 4.78 is 5.52. The Balaban J connectivity index is 0.00000361. The summed E-state index contributed by atoms with van der Waals surface area (Å²) in [6.07, 6.45) is 6.03. The van der Waals surface area contributed by atoms with Crippen LogP contribution in [0.1, 0.15) is 49.5 Å². The number of ether oxygens (including phenoxy) is 1. The van der Waals surface area contributed by atoms with Crippen LogP contribution >= 0.6 is 0 Å². The molecule has 5 heteroatoms. The van der Waals surface area contributed by atoms with Crippen LogP contribution in [0.5, 0.6) is 5.75 Å². The molecule has 0 spiro atoms. The fraction of sp³-hybridized carbons (Fsp3) is 0.467. The van der Waals surface area contributed by atoms with Crippen LogP contribution in [0.3, 0.4) is 0 Å². The van der Waals surface area contributed by atoms with Crippen molar-refractivity contribution in [1.29, 1.82) is 0 Å². The number of pyridine rings is 1. The van der Waals surface area contributed by atoms with E-state index in [4.69, 9.17) is 4.74 Å². The molecule has 4 nitrogen and oxygen atoms in total. The Bertz CT molecular complexity index is 418. The summed E-state index contributed by atoms with van der Waals surface area (Å²) in [5.74, 6) is 0.636. The van der Waals surface area contributed by atoms with Gasteiger partial charge < -0.3 is 16.5 Å². The van der Waals surface area contributed by atoms with E-state index in [0.29, 0.717) is 24.5 Å². The first-order chi connectivity index (χ1) is 9.09. The monoisotopic (exact) mass is 301 g/mol. The van der Waals surface area contributed by atoms with Crippen LogP contribution in [-0.2, 0) is 4.79 Å². The molecular weight excluding hydrogens is 281 g/mol. The fourth-order valence-corrected chi connectivity index (χ4v) is 1.64. The first kappa shape index (κ1) is 19.8. The van der Waals surface area contributed by atoms with Gasteiger partial charge in [-0.2, -0.15) is 0 Å². The van der Waals surface area contributed by atoms with E-state index in [0.717, 1.165) is 25.7 Å². The van der Waals surface area contributed by atoms with E-state index in [1.54, 1.807) is 18.3 Å². The van der Waals surface area contributed by atoms with E-state index in [-0.39, 0.29) is 63.0 Å². The van der Waals surface area contributed by atoms with Gasteiger partial charge in [-0.25, -0.2) is 4.98 Å². The molecule has 0 aliphatic carbocycles. The second-order valence-corrected chi connectivity index (χ2v) is 4.49. The molecule has 0 unspecified atom stereocenters. The summed E-state index contributed by atoms with van der Waals surface area (Å²) in [5, 5.41) is 0. The molecule has 0 amide bonds. The third-order valence-electron chi connectivity index (χ3n) is 2.72. The number of nitrogens with zero attached hydrogens (tertiary/aromatic N) is 1. The largest absolute Gasteiger partial charge is 1.00 e. The maximum absolute atomic E-state index is 11.0. The minimum Gasteiger partial charge on any atom is -0.492 e. The summed E-state index contributed by atoms with van der Waals surface area (Å²) in [6.45, 7) is 5.45. The fourth-order valence-electron chi connectivity index (χ4n) is 1.64. The molecule has 0 N–H and O–H groups in total. The number of ketones is 2. The van der Waals surface area contributed by atoms with E-state index in [9.17, 15) is 9.59 Å². The average molecular weight is 301 g/mol. The Morgan fingerprint density at radius 1 is 1.20 bits per heavy atom. The third-order valence-corrected chi connectivity index (χ3v) is 2.72. The number of unbranched alkanes of at least 4 members (excludes halogenated alkanes) is 3. The summed E-state index contributed by atoms with van der Waals surface area (Å²) in [7, 11) is 0. The van der Waals surface area contributed by atoms with Gasteiger partial charge >= 0.3 is 51.4 Å². The molecule has 1 rings (SSSR count). The van der Waals surface area contributed by atoms with Gasteiger partial charge in [-0.1, -0.05) is 12.8 Å². The number of Topliss-reactive ketones (excluding diaryl/α,β-unsaturated/α-hetero) is 2. The molecule has 0 saturated carbocycles. The van der Waals surface area contributed by atoms with Crippen LogP contribution in [0.2, 0.25) is 0 Å². The molecule has 20 heavy (non-hydrogen) atoms. The average Bonchev–Trinajstić information content (AvgIpc) is 2.38. The van der Waals surface area contributed by atoms with Crippen LogP contribution in [0, 0.1) is 6.92 Å². The van der Waals surface area contributed by atoms with Gasteiger partial charge in [-0.15, -0.1) is 0 Å². The number of carbonyl (C=O) groups excluding carboxylic acids is 2. The van der Waals surface area contributed by atoms with E-state index in [1.807, 2.05) is 0 Å². The molecule has 0 aromatic carbocycles. The Labute approximate surface area is 163 Å². The van der Waals surface area contributed by atoms with Gasteiger partial charge in [0.15, 0.2) is 5.78 Å². The Kier molecular flexibility index (Phi) is 11.3. The Morgan fingerprint density at radius 2 is 1.90 bits per heavy atom. The normalized spacial score (nSPS) is 9.65. The summed E-state index contributed by atoms with van der Waals surface area (Å²) in [5.41, 5.74) is 0.449. The predicted molar refractivity (Wildman–Crippen MR) is 73.2 cm³/mol. The Hall–Kier alpha value is -0.204. The van der Waals surface area contributed by atoms with Crippen LogP contribution in [0.4, 0.5) is 0 Å². The summed E-state index contributed by atoms with van der Waals surface area (Å²) in [4.78, 5) is 25.7. The van der Waals surface area contributed by atoms with Crippen LogP contribution in [-0.4, -0.2) is 23.2 Å². The van der Waals surface area contributed by atoms with Gasteiger partial charge in [0, 0.05) is 6.92 Å². The standard InChI is InChI=1S/C15H20NO3.K/c1-12(17)7-5-3-4-6-10-19-14-8-9-15(13(2)18)16-11-14;/h8-9,11H,1,3-7,10H2,2H3;/q-1;+1. The van der Waals surface area contributed by atoms with Crippen molar-refractivity contribution in [3.8, 4) is 5.75 Å². The molecule has 0 fully saturated rings. The van der Waals surface area contributed by atoms with Gasteiger partial charge in [-0.05, 0) is 37.2 Å². The maximum atomic E-state index is 11.0. The second-order valence-electron chi connectivity index (χ2n) is 4.49. The molecule has 0 aliphatic heterocycles. The SMILES string of the molecule is [CH2-]C(=O)CCCCCCOc1ccc(C(C)=O)nc1.[K+]. The van der Waals surface area contributed by atoms with E-state index in [2.05, 4.69) is 11.9 Å². The molecule has 1 heterocycles. The molecule has 104 valence electrons. The summed E-state index contributed by atoms with van der Waals surface area (Å²) >= 11 is 0. The van der Waals surface area contributed by atoms with E-state index >= 15 is 0 Å². The van der Waals surface area contributed by atoms with Crippen molar-refractivity contribution in [2.24, 2.45) is 0 Å². The minimum absolute atomic E-state index is 0. The zero-order valence-corrected chi connectivity index (χ0v) is 15.5. The minimum atomic E-state index is -0.0495. The van der Waals surface area contributed by atoms with Crippen molar-refractivity contribution in [2.75, 3.05) is 6.61 Å². The van der Waals surface area contributed by atoms with Gasteiger partial charge in [-0.3, -0.25) is 4.79 Å². The number of aromatic nitrogens is 1. The van der Waals surface area contributed by atoms with Crippen LogP contribution < -0.4 is 56.1 Å². The topological polar surface area (TPSA) is 56.3 Å². The number of carbonyl (C=O) groups is 2. The maximum Gasteiger partial charge on any atom is 1.00 e. The van der Waals surface area contributed by atoms with Crippen molar-refractivity contribution < 1.29 is 65.7 Å². The molecule has 0 radical (unpaired) electrons. The first-order valence-corrected chi connectivity index (χ1v) is 6.54. The van der Waals surface area contributed by atoms with Crippen molar-refractivity contribution in [1.82, 2.24) is 4.98 Å². The van der Waals surface area contributed by atoms with Gasteiger partial charge in [0.25, 0.3) is 0 Å². The van der Waals surface area contributed by atoms with Crippen molar-refractivity contribution in [2.45, 2.75) is 39.0 Å². The second kappa shape index (κ2) is 11.5. The van der Waals surface area contributed by atoms with E-state index in [1.165, 1.54) is 6.92 Å². The van der Waals surface area contributed by atoms with Gasteiger partial charge in [0.2, 0.25) is 0 Å².